The Morgan fingerprint density at radius 3 is 2.68 bits per heavy atom. The van der Waals surface area contributed by atoms with Crippen molar-refractivity contribution in [3.8, 4) is 0 Å². The van der Waals surface area contributed by atoms with Crippen LogP contribution < -0.4 is 0 Å². The van der Waals surface area contributed by atoms with Crippen molar-refractivity contribution in [1.29, 1.82) is 0 Å². The van der Waals surface area contributed by atoms with E-state index >= 15 is 0 Å². The maximum absolute atomic E-state index is 14.2. The quantitative estimate of drug-likeness (QED) is 0.380. The molecule has 0 bridgehead atoms. The number of nitrogens with zero attached hydrogens (tertiary/aromatic N) is 1. The number of amides is 1. The first kappa shape index (κ1) is 26.0. The monoisotopic (exact) mass is 491 g/mol. The number of carbonyl (C=O) groups excluding carboxylic acids is 2. The van der Waals surface area contributed by atoms with Gasteiger partial charge in [-0.1, -0.05) is 56.3 Å². The highest BCUT2D eigenvalue weighted by molar-refractivity contribution is 7.13. The average Bonchev–Trinajstić information content (AvgIpc) is 3.35. The summed E-state index contributed by atoms with van der Waals surface area (Å²) < 4.78 is 33.2. The molecule has 1 N–H and O–H groups in total. The van der Waals surface area contributed by atoms with E-state index < -0.39 is 41.8 Å². The van der Waals surface area contributed by atoms with Gasteiger partial charge in [-0.3, -0.25) is 4.79 Å². The number of aliphatic hydroxyl groups is 1. The summed E-state index contributed by atoms with van der Waals surface area (Å²) in [5.41, 5.74) is 0.567. The van der Waals surface area contributed by atoms with Crippen LogP contribution in [0.25, 0.3) is 0 Å². The van der Waals surface area contributed by atoms with Gasteiger partial charge in [0.2, 0.25) is 0 Å². The third-order valence-electron chi connectivity index (χ3n) is 6.13. The van der Waals surface area contributed by atoms with Crippen molar-refractivity contribution in [1.82, 2.24) is 4.90 Å². The van der Waals surface area contributed by atoms with E-state index in [0.717, 1.165) is 10.4 Å². The standard InChI is InChI=1S/C26H31F2NO4S/c1-25(2,16-18-8-5-4-6-9-18)22(30)14-11-19-17-26(27,28)24(32)29(19)15-7-10-20-12-13-21(34-20)23(31)33-3/h4-6,8-9,11-14,19,22,30H,7,10,15-17H2,1-3H3/b14-11+/t19?,22-/m1/s1. The molecule has 2 aromatic rings. The summed E-state index contributed by atoms with van der Waals surface area (Å²) in [6.45, 7) is 4.01. The van der Waals surface area contributed by atoms with Gasteiger partial charge in [-0.05, 0) is 42.4 Å². The lowest BCUT2D eigenvalue weighted by atomic mass is 9.80. The highest BCUT2D eigenvalue weighted by atomic mass is 32.1. The van der Waals surface area contributed by atoms with Crippen LogP contribution in [0.15, 0.2) is 54.6 Å². The van der Waals surface area contributed by atoms with Crippen LogP contribution in [0.2, 0.25) is 0 Å². The second-order valence-electron chi connectivity index (χ2n) is 9.32. The average molecular weight is 492 g/mol. The number of halogens is 2. The number of ether oxygens (including phenoxy) is 1. The Labute approximate surface area is 203 Å². The Bertz CT molecular complexity index is 1020. The number of aryl methyl sites for hydroxylation is 1. The van der Waals surface area contributed by atoms with Gasteiger partial charge in [0.05, 0.1) is 19.3 Å². The number of benzene rings is 1. The number of rotatable bonds is 10. The molecule has 1 unspecified atom stereocenters. The first-order chi connectivity index (χ1) is 16.0. The van der Waals surface area contributed by atoms with Crippen LogP contribution in [0.4, 0.5) is 8.78 Å². The number of thiophene rings is 1. The molecule has 0 spiro atoms. The van der Waals surface area contributed by atoms with Crippen molar-refractivity contribution in [2.45, 2.75) is 57.6 Å². The Morgan fingerprint density at radius 1 is 1.29 bits per heavy atom. The summed E-state index contributed by atoms with van der Waals surface area (Å²) >= 11 is 1.29. The lowest BCUT2D eigenvalue weighted by Crippen LogP contribution is -2.37. The molecule has 1 aromatic carbocycles. The molecule has 184 valence electrons. The van der Waals surface area contributed by atoms with E-state index in [1.54, 1.807) is 12.1 Å². The maximum atomic E-state index is 14.2. The molecule has 2 heterocycles. The zero-order valence-electron chi connectivity index (χ0n) is 19.7. The molecule has 0 radical (unpaired) electrons. The fourth-order valence-corrected chi connectivity index (χ4v) is 5.09. The van der Waals surface area contributed by atoms with Crippen molar-refractivity contribution in [3.05, 3.63) is 69.9 Å². The Balaban J connectivity index is 1.62. The molecule has 1 aliphatic heterocycles. The number of esters is 1. The summed E-state index contributed by atoms with van der Waals surface area (Å²) in [7, 11) is 1.31. The summed E-state index contributed by atoms with van der Waals surface area (Å²) in [6, 6.07) is 12.5. The number of aliphatic hydroxyl groups excluding tert-OH is 1. The van der Waals surface area contributed by atoms with Crippen molar-refractivity contribution in [2.75, 3.05) is 13.7 Å². The molecule has 1 amide bonds. The molecule has 0 aliphatic carbocycles. The molecule has 5 nitrogen and oxygen atoms in total. The van der Waals surface area contributed by atoms with Crippen LogP contribution in [0, 0.1) is 5.41 Å². The highest BCUT2D eigenvalue weighted by Crippen LogP contribution is 2.35. The normalized spacial score (nSPS) is 19.1. The lowest BCUT2D eigenvalue weighted by Gasteiger charge is -2.29. The van der Waals surface area contributed by atoms with Crippen molar-refractivity contribution >= 4 is 23.2 Å². The largest absolute Gasteiger partial charge is 0.465 e. The smallest absolute Gasteiger partial charge is 0.348 e. The van der Waals surface area contributed by atoms with Gasteiger partial charge in [0.25, 0.3) is 5.91 Å². The number of alkyl halides is 2. The second kappa shape index (κ2) is 10.8. The van der Waals surface area contributed by atoms with E-state index in [2.05, 4.69) is 0 Å². The van der Waals surface area contributed by atoms with Crippen LogP contribution in [0.5, 0.6) is 0 Å². The molecule has 3 rings (SSSR count). The molecular weight excluding hydrogens is 460 g/mol. The van der Waals surface area contributed by atoms with Gasteiger partial charge < -0.3 is 14.7 Å². The van der Waals surface area contributed by atoms with Gasteiger partial charge in [-0.2, -0.15) is 8.78 Å². The Kier molecular flexibility index (Phi) is 8.25. The highest BCUT2D eigenvalue weighted by Gasteiger charge is 2.52. The zero-order chi connectivity index (χ0) is 24.9. The zero-order valence-corrected chi connectivity index (χ0v) is 20.5. The van der Waals surface area contributed by atoms with Gasteiger partial charge in [0.1, 0.15) is 4.88 Å². The number of hydrogen-bond donors (Lipinski definition) is 1. The van der Waals surface area contributed by atoms with E-state index in [0.29, 0.717) is 24.1 Å². The predicted molar refractivity (Wildman–Crippen MR) is 128 cm³/mol. The minimum Gasteiger partial charge on any atom is -0.465 e. The molecule has 34 heavy (non-hydrogen) atoms. The van der Waals surface area contributed by atoms with Crippen molar-refractivity contribution in [2.24, 2.45) is 5.41 Å². The molecule has 1 aromatic heterocycles. The molecule has 2 atom stereocenters. The molecular formula is C26H31F2NO4S. The molecule has 1 saturated heterocycles. The third-order valence-corrected chi connectivity index (χ3v) is 7.25. The fourth-order valence-electron chi connectivity index (χ4n) is 4.13. The van der Waals surface area contributed by atoms with E-state index in [1.807, 2.05) is 44.2 Å². The van der Waals surface area contributed by atoms with Crippen LogP contribution in [0.1, 0.15) is 46.8 Å². The third kappa shape index (κ3) is 6.30. The second-order valence-corrected chi connectivity index (χ2v) is 10.5. The summed E-state index contributed by atoms with van der Waals surface area (Å²) in [4.78, 5) is 26.5. The van der Waals surface area contributed by atoms with Gasteiger partial charge in [-0.25, -0.2) is 4.79 Å². The summed E-state index contributed by atoms with van der Waals surface area (Å²) in [5.74, 6) is -5.01. The number of methoxy groups -OCH3 is 1. The van der Waals surface area contributed by atoms with Crippen molar-refractivity contribution < 1.29 is 28.2 Å². The van der Waals surface area contributed by atoms with Gasteiger partial charge in [0.15, 0.2) is 0 Å². The SMILES string of the molecule is COC(=O)c1ccc(CCCN2C(=O)C(F)(F)CC2/C=C/[C@@H](O)C(C)(C)Cc2ccccc2)s1. The first-order valence-electron chi connectivity index (χ1n) is 11.3. The number of hydrogen-bond acceptors (Lipinski definition) is 5. The van der Waals surface area contributed by atoms with E-state index in [4.69, 9.17) is 4.74 Å². The molecule has 8 heteroatoms. The Hall–Kier alpha value is -2.58. The van der Waals surface area contributed by atoms with E-state index in [-0.39, 0.29) is 6.54 Å². The summed E-state index contributed by atoms with van der Waals surface area (Å²) in [5, 5.41) is 10.8. The molecule has 1 aliphatic rings. The molecule has 0 saturated carbocycles. The molecule has 1 fully saturated rings. The van der Waals surface area contributed by atoms with Gasteiger partial charge in [-0.15, -0.1) is 11.3 Å². The van der Waals surface area contributed by atoms with Crippen LogP contribution in [-0.2, 0) is 22.4 Å². The van der Waals surface area contributed by atoms with Crippen LogP contribution in [-0.4, -0.2) is 53.6 Å². The number of likely N-dealkylation sites (tertiary alicyclic amines) is 1. The van der Waals surface area contributed by atoms with Crippen molar-refractivity contribution in [3.63, 3.8) is 0 Å². The Morgan fingerprint density at radius 2 is 2.00 bits per heavy atom. The minimum atomic E-state index is -3.42. The summed E-state index contributed by atoms with van der Waals surface area (Å²) in [6.07, 6.45) is 3.28. The van der Waals surface area contributed by atoms with Gasteiger partial charge >= 0.3 is 11.9 Å². The minimum absolute atomic E-state index is 0.165. The van der Waals surface area contributed by atoms with E-state index in [1.165, 1.54) is 35.5 Å². The first-order valence-corrected chi connectivity index (χ1v) is 12.1. The number of carbonyl (C=O) groups is 2. The predicted octanol–water partition coefficient (Wildman–Crippen LogP) is 4.89. The maximum Gasteiger partial charge on any atom is 0.348 e. The lowest BCUT2D eigenvalue weighted by molar-refractivity contribution is -0.148. The fraction of sp³-hybridized carbons (Fsp3) is 0.462. The van der Waals surface area contributed by atoms with Crippen LogP contribution in [0.3, 0.4) is 0 Å². The topological polar surface area (TPSA) is 66.8 Å². The van der Waals surface area contributed by atoms with Gasteiger partial charge in [0, 0.05) is 17.8 Å². The van der Waals surface area contributed by atoms with Crippen LogP contribution >= 0.6 is 11.3 Å². The van der Waals surface area contributed by atoms with E-state index in [9.17, 15) is 23.5 Å².